The number of thiophene rings is 1. The molecule has 0 aliphatic carbocycles. The first-order valence-electron chi connectivity index (χ1n) is 8.37. The number of hydrogen-bond acceptors (Lipinski definition) is 5. The minimum absolute atomic E-state index is 0.0739. The van der Waals surface area contributed by atoms with Crippen LogP contribution in [0.4, 0.5) is 4.79 Å². The van der Waals surface area contributed by atoms with Gasteiger partial charge in [-0.05, 0) is 30.5 Å². The molecule has 138 valence electrons. The van der Waals surface area contributed by atoms with Crippen LogP contribution in [0, 0.1) is 6.92 Å². The Bertz CT molecular complexity index is 771. The van der Waals surface area contributed by atoms with Gasteiger partial charge in [0.2, 0.25) is 5.91 Å². The summed E-state index contributed by atoms with van der Waals surface area (Å²) < 4.78 is 5.10. The van der Waals surface area contributed by atoms with Gasteiger partial charge < -0.3 is 10.1 Å². The van der Waals surface area contributed by atoms with Crippen LogP contribution >= 0.6 is 11.3 Å². The van der Waals surface area contributed by atoms with Crippen molar-refractivity contribution in [2.24, 2.45) is 0 Å². The molecule has 0 aliphatic rings. The fraction of sp³-hybridized carbons (Fsp3) is 0.316. The lowest BCUT2D eigenvalue weighted by Crippen LogP contribution is -2.39. The van der Waals surface area contributed by atoms with Gasteiger partial charge in [0, 0.05) is 11.4 Å². The van der Waals surface area contributed by atoms with E-state index in [1.807, 2.05) is 44.2 Å². The number of urea groups is 1. The molecular formula is C19H22N2O4S. The van der Waals surface area contributed by atoms with Crippen LogP contribution in [0.25, 0.3) is 0 Å². The monoisotopic (exact) mass is 374 g/mol. The highest BCUT2D eigenvalue weighted by Crippen LogP contribution is 2.22. The molecule has 7 heteroatoms. The summed E-state index contributed by atoms with van der Waals surface area (Å²) in [5.74, 6) is -0.945. The van der Waals surface area contributed by atoms with Crippen molar-refractivity contribution in [1.82, 2.24) is 10.6 Å². The Labute approximate surface area is 156 Å². The highest BCUT2D eigenvalue weighted by Gasteiger charge is 2.14. The van der Waals surface area contributed by atoms with Crippen molar-refractivity contribution >= 4 is 29.2 Å². The SMILES string of the molecule is CCc1sc(C(=O)OCCC(=O)NC(=O)NCc2ccccc2)cc1C. The van der Waals surface area contributed by atoms with E-state index in [1.54, 1.807) is 6.07 Å². The first kappa shape index (κ1) is 19.7. The number of ether oxygens (including phenoxy) is 1. The predicted octanol–water partition coefficient (Wildman–Crippen LogP) is 3.19. The Morgan fingerprint density at radius 1 is 1.15 bits per heavy atom. The van der Waals surface area contributed by atoms with Gasteiger partial charge in [-0.3, -0.25) is 10.1 Å². The molecule has 0 unspecified atom stereocenters. The molecule has 0 spiro atoms. The van der Waals surface area contributed by atoms with Gasteiger partial charge in [0.1, 0.15) is 11.5 Å². The fourth-order valence-corrected chi connectivity index (χ4v) is 3.30. The summed E-state index contributed by atoms with van der Waals surface area (Å²) in [5, 5.41) is 4.80. The van der Waals surface area contributed by atoms with E-state index < -0.39 is 17.9 Å². The molecule has 0 saturated carbocycles. The molecule has 0 bridgehead atoms. The number of hydrogen-bond donors (Lipinski definition) is 2. The Morgan fingerprint density at radius 2 is 1.88 bits per heavy atom. The Kier molecular flexibility index (Phi) is 7.35. The van der Waals surface area contributed by atoms with Gasteiger partial charge in [0.15, 0.2) is 0 Å². The molecule has 0 atom stereocenters. The first-order chi connectivity index (χ1) is 12.5. The van der Waals surface area contributed by atoms with E-state index in [4.69, 9.17) is 4.74 Å². The maximum absolute atomic E-state index is 12.0. The largest absolute Gasteiger partial charge is 0.461 e. The zero-order valence-corrected chi connectivity index (χ0v) is 15.7. The molecule has 0 aliphatic heterocycles. The van der Waals surface area contributed by atoms with Crippen molar-refractivity contribution in [3.05, 3.63) is 57.3 Å². The van der Waals surface area contributed by atoms with Gasteiger partial charge in [0.05, 0.1) is 6.42 Å². The van der Waals surface area contributed by atoms with Gasteiger partial charge in [-0.2, -0.15) is 0 Å². The van der Waals surface area contributed by atoms with Gasteiger partial charge in [-0.25, -0.2) is 9.59 Å². The minimum Gasteiger partial charge on any atom is -0.461 e. The molecule has 1 heterocycles. The number of nitrogens with one attached hydrogen (secondary N) is 2. The molecule has 2 aromatic rings. The molecule has 3 amide bonds. The second kappa shape index (κ2) is 9.72. The lowest BCUT2D eigenvalue weighted by Gasteiger charge is -2.07. The zero-order chi connectivity index (χ0) is 18.9. The maximum atomic E-state index is 12.0. The summed E-state index contributed by atoms with van der Waals surface area (Å²) >= 11 is 1.40. The fourth-order valence-electron chi connectivity index (χ4n) is 2.29. The third kappa shape index (κ3) is 6.00. The maximum Gasteiger partial charge on any atom is 0.348 e. The number of imide groups is 1. The van der Waals surface area contributed by atoms with E-state index in [0.717, 1.165) is 22.4 Å². The quantitative estimate of drug-likeness (QED) is 0.729. The van der Waals surface area contributed by atoms with Gasteiger partial charge >= 0.3 is 12.0 Å². The zero-order valence-electron chi connectivity index (χ0n) is 14.8. The molecule has 6 nitrogen and oxygen atoms in total. The molecule has 1 aromatic carbocycles. The first-order valence-corrected chi connectivity index (χ1v) is 9.19. The van der Waals surface area contributed by atoms with Crippen molar-refractivity contribution in [3.63, 3.8) is 0 Å². The lowest BCUT2D eigenvalue weighted by atomic mass is 10.2. The summed E-state index contributed by atoms with van der Waals surface area (Å²) in [6.07, 6.45) is 0.791. The van der Waals surface area contributed by atoms with Gasteiger partial charge in [0.25, 0.3) is 0 Å². The topological polar surface area (TPSA) is 84.5 Å². The standard InChI is InChI=1S/C19H22N2O4S/c1-3-15-13(2)11-16(26-15)18(23)25-10-9-17(22)21-19(24)20-12-14-7-5-4-6-8-14/h4-8,11H,3,9-10,12H2,1-2H3,(H2,20,21,22,24). The van der Waals surface area contributed by atoms with Crippen LogP contribution in [0.3, 0.4) is 0 Å². The van der Waals surface area contributed by atoms with E-state index in [2.05, 4.69) is 10.6 Å². The highest BCUT2D eigenvalue weighted by atomic mass is 32.1. The summed E-state index contributed by atoms with van der Waals surface area (Å²) in [5.41, 5.74) is 2.00. The second-order valence-corrected chi connectivity index (χ2v) is 6.81. The van der Waals surface area contributed by atoms with E-state index in [-0.39, 0.29) is 13.0 Å². The lowest BCUT2D eigenvalue weighted by molar-refractivity contribution is -0.120. The van der Waals surface area contributed by atoms with E-state index in [0.29, 0.717) is 11.4 Å². The summed E-state index contributed by atoms with van der Waals surface area (Å²) in [6.45, 7) is 4.23. The third-order valence-corrected chi connectivity index (χ3v) is 5.02. The summed E-state index contributed by atoms with van der Waals surface area (Å²) in [4.78, 5) is 37.0. The molecule has 2 N–H and O–H groups in total. The van der Waals surface area contributed by atoms with Crippen LogP contribution in [-0.2, 0) is 22.5 Å². The number of carbonyl (C=O) groups excluding carboxylic acids is 3. The van der Waals surface area contributed by atoms with E-state index >= 15 is 0 Å². The van der Waals surface area contributed by atoms with Crippen LogP contribution < -0.4 is 10.6 Å². The predicted molar refractivity (Wildman–Crippen MR) is 100 cm³/mol. The van der Waals surface area contributed by atoms with Crippen LogP contribution in [0.1, 0.15) is 39.0 Å². The third-order valence-electron chi connectivity index (χ3n) is 3.65. The second-order valence-electron chi connectivity index (χ2n) is 5.67. The van der Waals surface area contributed by atoms with Crippen molar-refractivity contribution in [1.29, 1.82) is 0 Å². The average molecular weight is 374 g/mol. The normalized spacial score (nSPS) is 10.2. The molecule has 2 rings (SSSR count). The number of esters is 1. The Morgan fingerprint density at radius 3 is 2.54 bits per heavy atom. The van der Waals surface area contributed by atoms with E-state index in [9.17, 15) is 14.4 Å². The van der Waals surface area contributed by atoms with E-state index in [1.165, 1.54) is 11.3 Å². The molecular weight excluding hydrogens is 352 g/mol. The molecule has 0 fully saturated rings. The van der Waals surface area contributed by atoms with Gasteiger partial charge in [-0.15, -0.1) is 11.3 Å². The number of benzene rings is 1. The van der Waals surface area contributed by atoms with Crippen molar-refractivity contribution in [3.8, 4) is 0 Å². The molecule has 0 radical (unpaired) electrons. The Balaban J connectivity index is 1.67. The smallest absolute Gasteiger partial charge is 0.348 e. The number of carbonyl (C=O) groups is 3. The number of amides is 3. The molecule has 26 heavy (non-hydrogen) atoms. The van der Waals surface area contributed by atoms with Crippen LogP contribution in [0.5, 0.6) is 0 Å². The van der Waals surface area contributed by atoms with Crippen molar-refractivity contribution < 1.29 is 19.1 Å². The van der Waals surface area contributed by atoms with Crippen molar-refractivity contribution in [2.75, 3.05) is 6.61 Å². The van der Waals surface area contributed by atoms with Gasteiger partial charge in [-0.1, -0.05) is 37.3 Å². The summed E-state index contributed by atoms with van der Waals surface area (Å²) in [7, 11) is 0. The average Bonchev–Trinajstić information content (AvgIpc) is 3.01. The molecule has 0 saturated heterocycles. The van der Waals surface area contributed by atoms with Crippen LogP contribution in [0.2, 0.25) is 0 Å². The van der Waals surface area contributed by atoms with Crippen molar-refractivity contribution in [2.45, 2.75) is 33.2 Å². The number of rotatable bonds is 7. The van der Waals surface area contributed by atoms with Crippen LogP contribution in [0.15, 0.2) is 36.4 Å². The van der Waals surface area contributed by atoms with Crippen LogP contribution in [-0.4, -0.2) is 24.5 Å². The number of aryl methyl sites for hydroxylation is 2. The summed E-state index contributed by atoms with van der Waals surface area (Å²) in [6, 6.07) is 10.6. The minimum atomic E-state index is -0.577. The highest BCUT2D eigenvalue weighted by molar-refractivity contribution is 7.14. The molecule has 1 aromatic heterocycles. The Hall–Kier alpha value is -2.67.